The fraction of sp³-hybridized carbons (Fsp3) is 0.154. The van der Waals surface area contributed by atoms with E-state index in [1.807, 2.05) is 0 Å². The molecule has 1 aromatic heterocycles. The number of carbonyl (C=O) groups is 1. The standard InChI is InChI=1S/C26H25N5O5S/c1-17(30-37(34,35)22-14-10-20(11-15-22)28-18(2)32)25-29-24-7-5-4-6-23(24)26(33)31(25)27-16-19-8-12-21(36-3)13-9-19/h4-17,30H,1-3H3,(H,28,32)/b27-16+. The highest BCUT2D eigenvalue weighted by Gasteiger charge is 2.23. The summed E-state index contributed by atoms with van der Waals surface area (Å²) in [5.41, 5.74) is 1.16. The van der Waals surface area contributed by atoms with E-state index in [1.54, 1.807) is 62.6 Å². The molecule has 0 aliphatic heterocycles. The van der Waals surface area contributed by atoms with Crippen molar-refractivity contribution in [3.8, 4) is 5.75 Å². The fourth-order valence-electron chi connectivity index (χ4n) is 3.62. The Labute approximate surface area is 213 Å². The summed E-state index contributed by atoms with van der Waals surface area (Å²) in [7, 11) is -2.43. The number of nitrogens with zero attached hydrogens (tertiary/aromatic N) is 3. The lowest BCUT2D eigenvalue weighted by Gasteiger charge is -2.17. The summed E-state index contributed by atoms with van der Waals surface area (Å²) < 4.78 is 35.0. The molecule has 0 saturated carbocycles. The Morgan fingerprint density at radius 3 is 2.38 bits per heavy atom. The van der Waals surface area contributed by atoms with E-state index < -0.39 is 21.6 Å². The van der Waals surface area contributed by atoms with Crippen molar-refractivity contribution in [3.05, 3.63) is 94.5 Å². The predicted molar refractivity (Wildman–Crippen MR) is 141 cm³/mol. The second-order valence-corrected chi connectivity index (χ2v) is 9.88. The van der Waals surface area contributed by atoms with Crippen molar-refractivity contribution in [1.82, 2.24) is 14.4 Å². The van der Waals surface area contributed by atoms with E-state index in [-0.39, 0.29) is 16.6 Å². The highest BCUT2D eigenvalue weighted by Crippen LogP contribution is 2.19. The van der Waals surface area contributed by atoms with E-state index >= 15 is 0 Å². The van der Waals surface area contributed by atoms with Gasteiger partial charge in [0.15, 0.2) is 5.82 Å². The van der Waals surface area contributed by atoms with Gasteiger partial charge in [0, 0.05) is 12.6 Å². The predicted octanol–water partition coefficient (Wildman–Crippen LogP) is 3.29. The Kier molecular flexibility index (Phi) is 7.46. The molecule has 0 fully saturated rings. The monoisotopic (exact) mass is 519 g/mol. The van der Waals surface area contributed by atoms with Crippen LogP contribution in [0.3, 0.4) is 0 Å². The van der Waals surface area contributed by atoms with Crippen molar-refractivity contribution in [2.75, 3.05) is 12.4 Å². The lowest BCUT2D eigenvalue weighted by molar-refractivity contribution is -0.114. The first-order valence-corrected chi connectivity index (χ1v) is 12.8. The Morgan fingerprint density at radius 1 is 1.05 bits per heavy atom. The van der Waals surface area contributed by atoms with Gasteiger partial charge < -0.3 is 10.1 Å². The van der Waals surface area contributed by atoms with E-state index in [0.29, 0.717) is 27.9 Å². The maximum atomic E-state index is 13.3. The second kappa shape index (κ2) is 10.7. The number of carbonyl (C=O) groups excluding carboxylic acids is 1. The number of para-hydroxylation sites is 1. The van der Waals surface area contributed by atoms with Gasteiger partial charge in [0.2, 0.25) is 15.9 Å². The Morgan fingerprint density at radius 2 is 1.73 bits per heavy atom. The van der Waals surface area contributed by atoms with Crippen LogP contribution in [0.1, 0.15) is 31.3 Å². The van der Waals surface area contributed by atoms with E-state index in [0.717, 1.165) is 4.68 Å². The van der Waals surface area contributed by atoms with Gasteiger partial charge in [-0.3, -0.25) is 9.59 Å². The molecule has 4 aromatic rings. The number of sulfonamides is 1. The van der Waals surface area contributed by atoms with Crippen LogP contribution >= 0.6 is 0 Å². The summed E-state index contributed by atoms with van der Waals surface area (Å²) in [6, 6.07) is 18.7. The summed E-state index contributed by atoms with van der Waals surface area (Å²) in [6.45, 7) is 2.94. The van der Waals surface area contributed by atoms with Gasteiger partial charge in [-0.2, -0.15) is 9.78 Å². The third-order valence-corrected chi connectivity index (χ3v) is 6.98. The number of aromatic nitrogens is 2. The first-order chi connectivity index (χ1) is 17.7. The molecule has 3 aromatic carbocycles. The van der Waals surface area contributed by atoms with Crippen LogP contribution in [0, 0.1) is 0 Å². The molecule has 0 radical (unpaired) electrons. The molecule has 1 heterocycles. The van der Waals surface area contributed by atoms with Crippen LogP contribution in [0.4, 0.5) is 5.69 Å². The molecule has 0 spiro atoms. The van der Waals surface area contributed by atoms with Gasteiger partial charge in [0.25, 0.3) is 5.56 Å². The van der Waals surface area contributed by atoms with Crippen molar-refractivity contribution in [2.24, 2.45) is 5.10 Å². The zero-order chi connectivity index (χ0) is 26.6. The first kappa shape index (κ1) is 25.7. The van der Waals surface area contributed by atoms with Crippen molar-refractivity contribution in [3.63, 3.8) is 0 Å². The number of fused-ring (bicyclic) bond motifs is 1. The highest BCUT2D eigenvalue weighted by atomic mass is 32.2. The molecule has 4 rings (SSSR count). The Hall–Kier alpha value is -4.35. The summed E-state index contributed by atoms with van der Waals surface area (Å²) >= 11 is 0. The average Bonchev–Trinajstić information content (AvgIpc) is 2.88. The van der Waals surface area contributed by atoms with E-state index in [1.165, 1.54) is 37.4 Å². The molecule has 11 heteroatoms. The molecule has 0 saturated heterocycles. The molecular formula is C26H25N5O5S. The molecule has 37 heavy (non-hydrogen) atoms. The number of benzene rings is 3. The van der Waals surface area contributed by atoms with E-state index in [2.05, 4.69) is 20.1 Å². The van der Waals surface area contributed by atoms with Crippen LogP contribution in [0.2, 0.25) is 0 Å². The molecule has 10 nitrogen and oxygen atoms in total. The smallest absolute Gasteiger partial charge is 0.282 e. The summed E-state index contributed by atoms with van der Waals surface area (Å²) in [6.07, 6.45) is 1.49. The minimum absolute atomic E-state index is 0.00938. The molecule has 1 amide bonds. The number of ether oxygens (including phenoxy) is 1. The SMILES string of the molecule is COc1ccc(/C=N/n2c(C(C)NS(=O)(=O)c3ccc(NC(C)=O)cc3)nc3ccccc3c2=O)cc1. The molecule has 0 aliphatic carbocycles. The molecule has 0 bridgehead atoms. The van der Waals surface area contributed by atoms with Crippen molar-refractivity contribution in [2.45, 2.75) is 24.8 Å². The number of nitrogens with one attached hydrogen (secondary N) is 2. The molecule has 2 N–H and O–H groups in total. The Bertz CT molecular complexity index is 1630. The molecule has 0 aliphatic rings. The molecule has 190 valence electrons. The number of amides is 1. The quantitative estimate of drug-likeness (QED) is 0.344. The van der Waals surface area contributed by atoms with Gasteiger partial charge >= 0.3 is 0 Å². The van der Waals surface area contributed by atoms with Crippen molar-refractivity contribution >= 4 is 38.7 Å². The zero-order valence-corrected chi connectivity index (χ0v) is 21.2. The van der Waals surface area contributed by atoms with Gasteiger partial charge in [-0.05, 0) is 73.2 Å². The largest absolute Gasteiger partial charge is 0.497 e. The van der Waals surface area contributed by atoms with E-state index in [4.69, 9.17) is 4.74 Å². The van der Waals surface area contributed by atoms with Gasteiger partial charge in [-0.1, -0.05) is 12.1 Å². The highest BCUT2D eigenvalue weighted by molar-refractivity contribution is 7.89. The molecule has 1 unspecified atom stereocenters. The van der Waals surface area contributed by atoms with Crippen LogP contribution in [0.5, 0.6) is 5.75 Å². The molecular weight excluding hydrogens is 494 g/mol. The van der Waals surface area contributed by atoms with Crippen LogP contribution < -0.4 is 20.3 Å². The van der Waals surface area contributed by atoms with Crippen molar-refractivity contribution < 1.29 is 17.9 Å². The second-order valence-electron chi connectivity index (χ2n) is 8.17. The fourth-order valence-corrected chi connectivity index (χ4v) is 4.82. The third kappa shape index (κ3) is 5.90. The number of anilines is 1. The number of hydrogen-bond acceptors (Lipinski definition) is 7. The van der Waals surface area contributed by atoms with Crippen LogP contribution in [-0.2, 0) is 14.8 Å². The lowest BCUT2D eigenvalue weighted by Crippen LogP contribution is -2.32. The Balaban J connectivity index is 1.70. The lowest BCUT2D eigenvalue weighted by atomic mass is 10.2. The van der Waals surface area contributed by atoms with E-state index in [9.17, 15) is 18.0 Å². The third-order valence-electron chi connectivity index (χ3n) is 5.42. The van der Waals surface area contributed by atoms with Crippen LogP contribution in [-0.4, -0.2) is 37.3 Å². The minimum Gasteiger partial charge on any atom is -0.497 e. The maximum Gasteiger partial charge on any atom is 0.282 e. The number of rotatable bonds is 8. The first-order valence-electron chi connectivity index (χ1n) is 11.3. The minimum atomic E-state index is -3.99. The zero-order valence-electron chi connectivity index (χ0n) is 20.4. The number of hydrogen-bond donors (Lipinski definition) is 2. The average molecular weight is 520 g/mol. The topological polar surface area (TPSA) is 132 Å². The van der Waals surface area contributed by atoms with Crippen LogP contribution in [0.15, 0.2) is 87.6 Å². The summed E-state index contributed by atoms with van der Waals surface area (Å²) in [4.78, 5) is 29.1. The summed E-state index contributed by atoms with van der Waals surface area (Å²) in [5.74, 6) is 0.528. The number of methoxy groups -OCH3 is 1. The van der Waals surface area contributed by atoms with Gasteiger partial charge in [0.05, 0.1) is 35.2 Å². The van der Waals surface area contributed by atoms with Crippen LogP contribution in [0.25, 0.3) is 10.9 Å². The van der Waals surface area contributed by atoms with Gasteiger partial charge in [-0.25, -0.2) is 18.1 Å². The van der Waals surface area contributed by atoms with Gasteiger partial charge in [-0.15, -0.1) is 0 Å². The summed E-state index contributed by atoms with van der Waals surface area (Å²) in [5, 5.41) is 7.28. The normalized spacial score (nSPS) is 12.5. The van der Waals surface area contributed by atoms with Gasteiger partial charge in [0.1, 0.15) is 5.75 Å². The van der Waals surface area contributed by atoms with Crippen molar-refractivity contribution in [1.29, 1.82) is 0 Å². The molecule has 1 atom stereocenters. The maximum absolute atomic E-state index is 13.3.